The largest absolute Gasteiger partial charge is 0.474 e. The summed E-state index contributed by atoms with van der Waals surface area (Å²) in [6.07, 6.45) is 0.663. The van der Waals surface area contributed by atoms with E-state index in [0.29, 0.717) is 19.2 Å². The average molecular weight is 559 g/mol. The summed E-state index contributed by atoms with van der Waals surface area (Å²) in [6.45, 7) is 5.84. The van der Waals surface area contributed by atoms with Crippen molar-refractivity contribution in [1.82, 2.24) is 9.80 Å². The van der Waals surface area contributed by atoms with Gasteiger partial charge in [-0.3, -0.25) is 4.90 Å². The van der Waals surface area contributed by atoms with E-state index in [9.17, 15) is 22.4 Å². The maximum Gasteiger partial charge on any atom is 0.348 e. The van der Waals surface area contributed by atoms with Gasteiger partial charge < -0.3 is 14.4 Å². The Bertz CT molecular complexity index is 1190. The van der Waals surface area contributed by atoms with Crippen LogP contribution < -0.4 is 4.74 Å². The molecule has 0 saturated carbocycles. The van der Waals surface area contributed by atoms with Gasteiger partial charge >= 0.3 is 5.97 Å². The number of hydrogen-bond acceptors (Lipinski definition) is 5. The molecular formula is C31H34F4N2O3. The zero-order valence-electron chi connectivity index (χ0n) is 22.5. The van der Waals surface area contributed by atoms with Crippen LogP contribution in [0.25, 0.3) is 0 Å². The van der Waals surface area contributed by atoms with Gasteiger partial charge in [0.1, 0.15) is 17.5 Å². The second-order valence-electron chi connectivity index (χ2n) is 9.87. The first-order valence-electron chi connectivity index (χ1n) is 13.6. The molecule has 214 valence electrons. The Hall–Kier alpha value is -3.43. The van der Waals surface area contributed by atoms with E-state index >= 15 is 0 Å². The monoisotopic (exact) mass is 558 g/mol. The lowest BCUT2D eigenvalue weighted by atomic mass is 9.87. The summed E-state index contributed by atoms with van der Waals surface area (Å²) < 4.78 is 65.2. The van der Waals surface area contributed by atoms with E-state index in [4.69, 9.17) is 9.47 Å². The van der Waals surface area contributed by atoms with Crippen molar-refractivity contribution in [2.24, 2.45) is 0 Å². The van der Waals surface area contributed by atoms with Crippen LogP contribution >= 0.6 is 0 Å². The Morgan fingerprint density at radius 3 is 1.90 bits per heavy atom. The van der Waals surface area contributed by atoms with Crippen LogP contribution in [0.5, 0.6) is 5.75 Å². The quantitative estimate of drug-likeness (QED) is 0.208. The molecule has 0 spiro atoms. The molecule has 0 bridgehead atoms. The topological polar surface area (TPSA) is 42.0 Å². The zero-order valence-corrected chi connectivity index (χ0v) is 22.5. The van der Waals surface area contributed by atoms with Gasteiger partial charge in [0.05, 0.1) is 6.61 Å². The highest BCUT2D eigenvalue weighted by Crippen LogP contribution is 2.30. The number of benzene rings is 3. The molecule has 1 aliphatic heterocycles. The van der Waals surface area contributed by atoms with Crippen molar-refractivity contribution >= 4 is 5.97 Å². The van der Waals surface area contributed by atoms with E-state index in [1.165, 1.54) is 30.3 Å². The molecule has 1 heterocycles. The number of nitrogens with zero attached hydrogens (tertiary/aromatic N) is 2. The number of rotatable bonds is 12. The van der Waals surface area contributed by atoms with Crippen molar-refractivity contribution in [3.63, 3.8) is 0 Å². The van der Waals surface area contributed by atoms with Crippen molar-refractivity contribution in [2.45, 2.75) is 31.8 Å². The average Bonchev–Trinajstić information content (AvgIpc) is 2.94. The van der Waals surface area contributed by atoms with Gasteiger partial charge in [-0.25, -0.2) is 22.4 Å². The summed E-state index contributed by atoms with van der Waals surface area (Å²) >= 11 is 0. The fourth-order valence-corrected chi connectivity index (χ4v) is 4.98. The molecule has 5 nitrogen and oxygen atoms in total. The number of esters is 1. The molecule has 1 fully saturated rings. The van der Waals surface area contributed by atoms with Gasteiger partial charge in [-0.15, -0.1) is 0 Å². The Kier molecular flexibility index (Phi) is 10.5. The molecule has 9 heteroatoms. The number of carbonyl (C=O) groups is 1. The summed E-state index contributed by atoms with van der Waals surface area (Å²) in [5, 5.41) is 0. The normalized spacial score (nSPS) is 15.2. The zero-order chi connectivity index (χ0) is 28.5. The van der Waals surface area contributed by atoms with Crippen molar-refractivity contribution in [3.8, 4) is 5.75 Å². The highest BCUT2D eigenvalue weighted by molar-refractivity contribution is 5.75. The molecule has 4 rings (SSSR count). The summed E-state index contributed by atoms with van der Waals surface area (Å²) in [4.78, 5) is 16.9. The second-order valence-corrected chi connectivity index (χ2v) is 9.87. The van der Waals surface area contributed by atoms with Crippen LogP contribution in [0.2, 0.25) is 0 Å². The molecule has 0 aromatic heterocycles. The fraction of sp³-hybridized carbons (Fsp3) is 0.387. The molecule has 0 N–H and O–H groups in total. The predicted octanol–water partition coefficient (Wildman–Crippen LogP) is 5.78. The third kappa shape index (κ3) is 8.29. The smallest absolute Gasteiger partial charge is 0.348 e. The van der Waals surface area contributed by atoms with Crippen LogP contribution in [0.1, 0.15) is 36.8 Å². The van der Waals surface area contributed by atoms with Gasteiger partial charge in [0.15, 0.2) is 11.6 Å². The van der Waals surface area contributed by atoms with Gasteiger partial charge in [-0.05, 0) is 73.8 Å². The molecule has 1 atom stereocenters. The SMILES string of the molecule is CCOC(=O)[C@@H](CN1CCN(CCCC(c2ccc(F)cc2)c2ccc(F)cc2)CC1)Oc1ccc(F)cc1F. The van der Waals surface area contributed by atoms with E-state index in [2.05, 4.69) is 9.80 Å². The minimum atomic E-state index is -1.04. The lowest BCUT2D eigenvalue weighted by Crippen LogP contribution is -2.51. The maximum atomic E-state index is 14.1. The van der Waals surface area contributed by atoms with Crippen molar-refractivity contribution in [3.05, 3.63) is 101 Å². The van der Waals surface area contributed by atoms with E-state index in [0.717, 1.165) is 49.7 Å². The highest BCUT2D eigenvalue weighted by Gasteiger charge is 2.28. The Balaban J connectivity index is 1.30. The highest BCUT2D eigenvalue weighted by atomic mass is 19.1. The molecule has 0 unspecified atom stereocenters. The van der Waals surface area contributed by atoms with Crippen molar-refractivity contribution in [2.75, 3.05) is 45.9 Å². The van der Waals surface area contributed by atoms with Crippen molar-refractivity contribution < 1.29 is 31.8 Å². The predicted molar refractivity (Wildman–Crippen MR) is 144 cm³/mol. The van der Waals surface area contributed by atoms with Crippen LogP contribution in [-0.4, -0.2) is 67.7 Å². The standard InChI is InChI=1S/C31H34F4N2O3/c1-2-39-31(38)30(40-29-14-13-26(34)20-28(29)35)21-37-18-16-36(17-19-37)15-3-4-27(22-5-9-24(32)10-6-22)23-7-11-25(33)12-8-23/h5-14,20,27,30H,2-4,15-19,21H2,1H3/t30-/m1/s1. The van der Waals surface area contributed by atoms with Crippen molar-refractivity contribution in [1.29, 1.82) is 0 Å². The molecule has 3 aromatic rings. The number of hydrogen-bond donors (Lipinski definition) is 0. The van der Waals surface area contributed by atoms with E-state index in [1.807, 2.05) is 0 Å². The lowest BCUT2D eigenvalue weighted by molar-refractivity contribution is -0.152. The number of halogens is 4. The molecule has 40 heavy (non-hydrogen) atoms. The Labute approximate surface area is 232 Å². The van der Waals surface area contributed by atoms with E-state index in [1.54, 1.807) is 31.2 Å². The van der Waals surface area contributed by atoms with Crippen LogP contribution in [0.3, 0.4) is 0 Å². The fourth-order valence-electron chi connectivity index (χ4n) is 4.98. The molecule has 0 aliphatic carbocycles. The number of ether oxygens (including phenoxy) is 2. The van der Waals surface area contributed by atoms with Crippen LogP contribution in [-0.2, 0) is 9.53 Å². The number of piperazine rings is 1. The number of carbonyl (C=O) groups excluding carboxylic acids is 1. The summed E-state index contributed by atoms with van der Waals surface area (Å²) in [5.74, 6) is -2.96. The third-order valence-electron chi connectivity index (χ3n) is 7.11. The van der Waals surface area contributed by atoms with Gasteiger partial charge in [0.2, 0.25) is 6.10 Å². The first-order valence-corrected chi connectivity index (χ1v) is 13.6. The minimum Gasteiger partial charge on any atom is -0.474 e. The van der Waals surface area contributed by atoms with Gasteiger partial charge in [-0.2, -0.15) is 0 Å². The first-order chi connectivity index (χ1) is 19.3. The van der Waals surface area contributed by atoms with Gasteiger partial charge in [-0.1, -0.05) is 24.3 Å². The van der Waals surface area contributed by atoms with Crippen LogP contribution in [0.15, 0.2) is 66.7 Å². The van der Waals surface area contributed by atoms with Crippen LogP contribution in [0, 0.1) is 23.3 Å². The van der Waals surface area contributed by atoms with E-state index in [-0.39, 0.29) is 36.5 Å². The Morgan fingerprint density at radius 1 is 0.800 bits per heavy atom. The molecule has 1 aliphatic rings. The summed E-state index contributed by atoms with van der Waals surface area (Å²) in [6, 6.07) is 15.9. The second kappa shape index (κ2) is 14.3. The van der Waals surface area contributed by atoms with E-state index < -0.39 is 23.7 Å². The Morgan fingerprint density at radius 2 is 1.35 bits per heavy atom. The first kappa shape index (κ1) is 29.6. The molecule has 0 amide bonds. The lowest BCUT2D eigenvalue weighted by Gasteiger charge is -2.36. The molecule has 0 radical (unpaired) electrons. The molecular weight excluding hydrogens is 524 g/mol. The van der Waals surface area contributed by atoms with Gasteiger partial charge in [0, 0.05) is 44.7 Å². The minimum absolute atomic E-state index is 0.0248. The maximum absolute atomic E-state index is 14.1. The third-order valence-corrected chi connectivity index (χ3v) is 7.11. The molecule has 3 aromatic carbocycles. The molecule has 1 saturated heterocycles. The summed E-state index contributed by atoms with van der Waals surface area (Å²) in [5.41, 5.74) is 1.97. The van der Waals surface area contributed by atoms with Crippen LogP contribution in [0.4, 0.5) is 17.6 Å². The van der Waals surface area contributed by atoms with Gasteiger partial charge in [0.25, 0.3) is 0 Å². The summed E-state index contributed by atoms with van der Waals surface area (Å²) in [7, 11) is 0.